The summed E-state index contributed by atoms with van der Waals surface area (Å²) in [5.74, 6) is 1.33. The molecule has 1 aliphatic carbocycles. The predicted molar refractivity (Wildman–Crippen MR) is 100 cm³/mol. The van der Waals surface area contributed by atoms with Gasteiger partial charge < -0.3 is 14.7 Å². The zero-order valence-corrected chi connectivity index (χ0v) is 15.3. The van der Waals surface area contributed by atoms with Crippen molar-refractivity contribution in [3.63, 3.8) is 0 Å². The van der Waals surface area contributed by atoms with Gasteiger partial charge in [-0.1, -0.05) is 6.07 Å². The molecule has 0 unspecified atom stereocenters. The van der Waals surface area contributed by atoms with Crippen LogP contribution >= 0.6 is 0 Å². The summed E-state index contributed by atoms with van der Waals surface area (Å²) < 4.78 is 19.9. The Bertz CT molecular complexity index is 823. The van der Waals surface area contributed by atoms with Crippen LogP contribution in [0.1, 0.15) is 12.8 Å². The SMILES string of the molecule is O[C@@H]1C[C@H]2CN(c3ncnc4cccc(F)c34)C[C@H]2C[C@H]1N1CCOCC1. The number of aliphatic hydroxyl groups is 1. The van der Waals surface area contributed by atoms with Gasteiger partial charge in [0.25, 0.3) is 0 Å². The van der Waals surface area contributed by atoms with E-state index in [4.69, 9.17) is 4.74 Å². The van der Waals surface area contributed by atoms with Crippen LogP contribution in [-0.4, -0.2) is 71.5 Å². The van der Waals surface area contributed by atoms with Crippen LogP contribution in [-0.2, 0) is 4.74 Å². The summed E-state index contributed by atoms with van der Waals surface area (Å²) >= 11 is 0. The maximum atomic E-state index is 14.5. The third-order valence-corrected chi connectivity index (χ3v) is 6.52. The van der Waals surface area contributed by atoms with Crippen LogP contribution in [0.4, 0.5) is 10.2 Å². The Kier molecular flexibility index (Phi) is 4.46. The Morgan fingerprint density at radius 2 is 1.85 bits per heavy atom. The molecule has 144 valence electrons. The highest BCUT2D eigenvalue weighted by atomic mass is 19.1. The first kappa shape index (κ1) is 17.3. The quantitative estimate of drug-likeness (QED) is 0.866. The summed E-state index contributed by atoms with van der Waals surface area (Å²) in [6, 6.07) is 5.18. The van der Waals surface area contributed by atoms with Gasteiger partial charge in [-0.25, -0.2) is 14.4 Å². The molecule has 2 aromatic rings. The highest BCUT2D eigenvalue weighted by Gasteiger charge is 2.44. The zero-order chi connectivity index (χ0) is 18.4. The topological polar surface area (TPSA) is 61.7 Å². The van der Waals surface area contributed by atoms with Gasteiger partial charge in [0.05, 0.1) is 30.2 Å². The third kappa shape index (κ3) is 3.07. The molecule has 3 fully saturated rings. The molecule has 0 bridgehead atoms. The van der Waals surface area contributed by atoms with Crippen molar-refractivity contribution in [2.75, 3.05) is 44.3 Å². The van der Waals surface area contributed by atoms with E-state index in [0.717, 1.165) is 52.2 Å². The van der Waals surface area contributed by atoms with Crippen molar-refractivity contribution in [3.8, 4) is 0 Å². The van der Waals surface area contributed by atoms with E-state index in [-0.39, 0.29) is 18.0 Å². The Hall–Kier alpha value is -1.83. The van der Waals surface area contributed by atoms with Crippen molar-refractivity contribution in [3.05, 3.63) is 30.3 Å². The van der Waals surface area contributed by atoms with E-state index in [1.165, 1.54) is 12.4 Å². The van der Waals surface area contributed by atoms with Crippen molar-refractivity contribution in [1.29, 1.82) is 0 Å². The summed E-state index contributed by atoms with van der Waals surface area (Å²) in [6.07, 6.45) is 3.00. The summed E-state index contributed by atoms with van der Waals surface area (Å²) in [5, 5.41) is 11.3. The first-order chi connectivity index (χ1) is 13.2. The Morgan fingerprint density at radius 1 is 1.07 bits per heavy atom. The number of aliphatic hydroxyl groups excluding tert-OH is 1. The van der Waals surface area contributed by atoms with Crippen molar-refractivity contribution < 1.29 is 14.2 Å². The lowest BCUT2D eigenvalue weighted by Gasteiger charge is -2.43. The van der Waals surface area contributed by atoms with E-state index in [9.17, 15) is 9.50 Å². The average Bonchev–Trinajstić information content (AvgIpc) is 3.10. The zero-order valence-electron chi connectivity index (χ0n) is 15.3. The molecular weight excluding hydrogens is 347 g/mol. The van der Waals surface area contributed by atoms with Gasteiger partial charge >= 0.3 is 0 Å². The molecule has 0 spiro atoms. The fourth-order valence-corrected chi connectivity index (χ4v) is 5.17. The maximum absolute atomic E-state index is 14.5. The molecular formula is C20H25FN4O2. The minimum atomic E-state index is -0.303. The van der Waals surface area contributed by atoms with E-state index in [0.29, 0.717) is 28.6 Å². The summed E-state index contributed by atoms with van der Waals surface area (Å²) in [6.45, 7) is 4.96. The minimum absolute atomic E-state index is 0.203. The van der Waals surface area contributed by atoms with Crippen LogP contribution in [0, 0.1) is 17.7 Å². The van der Waals surface area contributed by atoms with Gasteiger partial charge in [-0.3, -0.25) is 4.90 Å². The molecule has 3 heterocycles. The van der Waals surface area contributed by atoms with Crippen LogP contribution in [0.5, 0.6) is 0 Å². The molecule has 1 aromatic heterocycles. The number of hydrogen-bond donors (Lipinski definition) is 1. The fraction of sp³-hybridized carbons (Fsp3) is 0.600. The van der Waals surface area contributed by atoms with Gasteiger partial charge in [0.2, 0.25) is 0 Å². The molecule has 1 saturated carbocycles. The van der Waals surface area contributed by atoms with Crippen LogP contribution in [0.3, 0.4) is 0 Å². The number of nitrogens with zero attached hydrogens (tertiary/aromatic N) is 4. The molecule has 0 amide bonds. The molecule has 3 aliphatic rings. The largest absolute Gasteiger partial charge is 0.391 e. The van der Waals surface area contributed by atoms with Crippen molar-refractivity contribution in [2.45, 2.75) is 25.0 Å². The van der Waals surface area contributed by atoms with Crippen molar-refractivity contribution in [1.82, 2.24) is 14.9 Å². The smallest absolute Gasteiger partial charge is 0.142 e. The highest BCUT2D eigenvalue weighted by molar-refractivity contribution is 5.89. The van der Waals surface area contributed by atoms with Gasteiger partial charge in [0, 0.05) is 32.2 Å². The van der Waals surface area contributed by atoms with E-state index in [2.05, 4.69) is 19.8 Å². The number of ether oxygens (including phenoxy) is 1. The molecule has 1 N–H and O–H groups in total. The third-order valence-electron chi connectivity index (χ3n) is 6.52. The molecule has 7 heteroatoms. The molecule has 1 aromatic carbocycles. The van der Waals surface area contributed by atoms with Gasteiger partial charge in [-0.05, 0) is 36.8 Å². The van der Waals surface area contributed by atoms with Crippen molar-refractivity contribution >= 4 is 16.7 Å². The van der Waals surface area contributed by atoms with Crippen LogP contribution < -0.4 is 4.90 Å². The van der Waals surface area contributed by atoms with Crippen molar-refractivity contribution in [2.24, 2.45) is 11.8 Å². The number of halogens is 1. The summed E-state index contributed by atoms with van der Waals surface area (Å²) in [7, 11) is 0. The van der Waals surface area contributed by atoms with Gasteiger partial charge in [-0.2, -0.15) is 0 Å². The summed E-state index contributed by atoms with van der Waals surface area (Å²) in [5.41, 5.74) is 0.640. The fourth-order valence-electron chi connectivity index (χ4n) is 5.17. The standard InChI is InChI=1S/C20H25FN4O2/c21-15-2-1-3-16-19(15)20(23-12-22-16)25-10-13-8-17(18(26)9-14(13)11-25)24-4-6-27-7-5-24/h1-3,12-14,17-18,26H,4-11H2/t13-,14+,17-,18-/m1/s1. The average molecular weight is 372 g/mol. The molecule has 0 radical (unpaired) electrons. The Balaban J connectivity index is 1.39. The number of rotatable bonds is 2. The minimum Gasteiger partial charge on any atom is -0.391 e. The molecule has 5 rings (SSSR count). The highest BCUT2D eigenvalue weighted by Crippen LogP contribution is 2.41. The van der Waals surface area contributed by atoms with Gasteiger partial charge in [0.15, 0.2) is 0 Å². The predicted octanol–water partition coefficient (Wildman–Crippen LogP) is 1.68. The lowest BCUT2D eigenvalue weighted by Crippen LogP contribution is -2.53. The first-order valence-corrected chi connectivity index (χ1v) is 9.85. The van der Waals surface area contributed by atoms with Crippen LogP contribution in [0.15, 0.2) is 24.5 Å². The summed E-state index contributed by atoms with van der Waals surface area (Å²) in [4.78, 5) is 13.2. The normalized spacial score (nSPS) is 32.0. The monoisotopic (exact) mass is 372 g/mol. The number of morpholine rings is 1. The van der Waals surface area contributed by atoms with E-state index in [1.54, 1.807) is 6.07 Å². The van der Waals surface area contributed by atoms with E-state index >= 15 is 0 Å². The Labute approximate surface area is 158 Å². The second-order valence-electron chi connectivity index (χ2n) is 8.01. The number of aromatic nitrogens is 2. The number of hydrogen-bond acceptors (Lipinski definition) is 6. The number of anilines is 1. The van der Waals surface area contributed by atoms with E-state index in [1.807, 2.05) is 6.07 Å². The molecule has 2 aliphatic heterocycles. The van der Waals surface area contributed by atoms with Crippen LogP contribution in [0.25, 0.3) is 10.9 Å². The van der Waals surface area contributed by atoms with Gasteiger partial charge in [0.1, 0.15) is 18.0 Å². The second kappa shape index (κ2) is 6.96. The second-order valence-corrected chi connectivity index (χ2v) is 8.01. The maximum Gasteiger partial charge on any atom is 0.142 e. The molecule has 27 heavy (non-hydrogen) atoms. The Morgan fingerprint density at radius 3 is 2.67 bits per heavy atom. The van der Waals surface area contributed by atoms with Gasteiger partial charge in [-0.15, -0.1) is 0 Å². The first-order valence-electron chi connectivity index (χ1n) is 9.85. The van der Waals surface area contributed by atoms with Crippen LogP contribution in [0.2, 0.25) is 0 Å². The lowest BCUT2D eigenvalue weighted by molar-refractivity contribution is -0.0520. The molecule has 4 atom stereocenters. The molecule has 2 saturated heterocycles. The number of benzene rings is 1. The van der Waals surface area contributed by atoms with E-state index < -0.39 is 0 Å². The lowest BCUT2D eigenvalue weighted by atomic mass is 9.77. The molecule has 6 nitrogen and oxygen atoms in total. The number of fused-ring (bicyclic) bond motifs is 2.